The van der Waals surface area contributed by atoms with Gasteiger partial charge in [0.25, 0.3) is 0 Å². The van der Waals surface area contributed by atoms with Crippen LogP contribution in [0, 0.1) is 0 Å². The Labute approximate surface area is 150 Å². The standard InChI is InChI=1S/C21H28N4/c1-3-7-17(8-4-1)18-12-15-25(16-13-18)21-22-14-11-20(24-21)23-19-9-5-2-6-10-19/h1,3-4,7-8,11,14,18-19H,2,5-6,9-10,12-13,15-16H2,(H,22,23,24). The van der Waals surface area contributed by atoms with Crippen LogP contribution in [0.25, 0.3) is 0 Å². The van der Waals surface area contributed by atoms with E-state index in [1.54, 1.807) is 0 Å². The third kappa shape index (κ3) is 4.12. The molecule has 0 unspecified atom stereocenters. The van der Waals surface area contributed by atoms with E-state index in [9.17, 15) is 0 Å². The molecule has 25 heavy (non-hydrogen) atoms. The molecule has 2 aliphatic rings. The summed E-state index contributed by atoms with van der Waals surface area (Å²) in [5.41, 5.74) is 1.47. The van der Waals surface area contributed by atoms with Gasteiger partial charge < -0.3 is 10.2 Å². The van der Waals surface area contributed by atoms with E-state index >= 15 is 0 Å². The Bertz CT molecular complexity index is 659. The lowest BCUT2D eigenvalue weighted by atomic mass is 9.90. The van der Waals surface area contributed by atoms with E-state index in [4.69, 9.17) is 4.98 Å². The Hall–Kier alpha value is -2.10. The highest BCUT2D eigenvalue weighted by atomic mass is 15.3. The lowest BCUT2D eigenvalue weighted by Gasteiger charge is -2.32. The van der Waals surface area contributed by atoms with Crippen LogP contribution in [0.3, 0.4) is 0 Å². The molecule has 1 saturated carbocycles. The zero-order chi connectivity index (χ0) is 16.9. The van der Waals surface area contributed by atoms with E-state index in [-0.39, 0.29) is 0 Å². The first-order chi connectivity index (χ1) is 12.4. The van der Waals surface area contributed by atoms with Crippen molar-refractivity contribution in [2.45, 2.75) is 56.9 Å². The summed E-state index contributed by atoms with van der Waals surface area (Å²) in [6, 6.07) is 13.5. The Kier molecular flexibility index (Phi) is 5.14. The monoisotopic (exact) mass is 336 g/mol. The van der Waals surface area contributed by atoms with Crippen LogP contribution in [-0.2, 0) is 0 Å². The quantitative estimate of drug-likeness (QED) is 0.885. The van der Waals surface area contributed by atoms with Gasteiger partial charge in [-0.3, -0.25) is 0 Å². The maximum atomic E-state index is 4.79. The molecule has 1 N–H and O–H groups in total. The summed E-state index contributed by atoms with van der Waals surface area (Å²) in [6.07, 6.45) is 10.8. The van der Waals surface area contributed by atoms with Gasteiger partial charge in [-0.2, -0.15) is 4.98 Å². The van der Waals surface area contributed by atoms with E-state index in [0.717, 1.165) is 24.9 Å². The smallest absolute Gasteiger partial charge is 0.227 e. The number of nitrogens with one attached hydrogen (secondary N) is 1. The zero-order valence-electron chi connectivity index (χ0n) is 14.9. The summed E-state index contributed by atoms with van der Waals surface area (Å²) in [5.74, 6) is 2.54. The molecule has 0 bridgehead atoms. The molecule has 0 spiro atoms. The van der Waals surface area contributed by atoms with Gasteiger partial charge in [0.2, 0.25) is 5.95 Å². The predicted octanol–water partition coefficient (Wildman–Crippen LogP) is 4.61. The molecule has 2 fully saturated rings. The van der Waals surface area contributed by atoms with Crippen molar-refractivity contribution in [1.82, 2.24) is 9.97 Å². The minimum absolute atomic E-state index is 0.584. The fourth-order valence-electron chi connectivity index (χ4n) is 4.18. The lowest BCUT2D eigenvalue weighted by Crippen LogP contribution is -2.34. The van der Waals surface area contributed by atoms with Crippen molar-refractivity contribution in [2.24, 2.45) is 0 Å². The van der Waals surface area contributed by atoms with Gasteiger partial charge in [-0.15, -0.1) is 0 Å². The first-order valence-corrected chi connectivity index (χ1v) is 9.78. The summed E-state index contributed by atoms with van der Waals surface area (Å²) in [4.78, 5) is 11.7. The summed E-state index contributed by atoms with van der Waals surface area (Å²) < 4.78 is 0. The van der Waals surface area contributed by atoms with Gasteiger partial charge in [0, 0.05) is 25.3 Å². The first kappa shape index (κ1) is 16.4. The van der Waals surface area contributed by atoms with Crippen LogP contribution in [-0.4, -0.2) is 29.1 Å². The van der Waals surface area contributed by atoms with Gasteiger partial charge in [0.15, 0.2) is 0 Å². The highest BCUT2D eigenvalue weighted by molar-refractivity contribution is 5.42. The average molecular weight is 336 g/mol. The molecule has 1 aromatic heterocycles. The SMILES string of the molecule is c1ccc(C2CCN(c3nccc(NC4CCCCC4)n3)CC2)cc1. The molecule has 2 aromatic rings. The van der Waals surface area contributed by atoms with Crippen LogP contribution in [0.15, 0.2) is 42.6 Å². The van der Waals surface area contributed by atoms with E-state index < -0.39 is 0 Å². The number of piperidine rings is 1. The summed E-state index contributed by atoms with van der Waals surface area (Å²) in [5, 5.41) is 3.62. The Morgan fingerprint density at radius 1 is 0.880 bits per heavy atom. The van der Waals surface area contributed by atoms with Crippen LogP contribution in [0.5, 0.6) is 0 Å². The van der Waals surface area contributed by atoms with Gasteiger partial charge >= 0.3 is 0 Å². The number of rotatable bonds is 4. The molecule has 0 atom stereocenters. The molecular weight excluding hydrogens is 308 g/mol. The van der Waals surface area contributed by atoms with Crippen molar-refractivity contribution in [3.8, 4) is 0 Å². The second-order valence-corrected chi connectivity index (χ2v) is 7.39. The largest absolute Gasteiger partial charge is 0.367 e. The number of benzene rings is 1. The molecule has 1 aliphatic carbocycles. The summed E-state index contributed by atoms with van der Waals surface area (Å²) in [6.45, 7) is 2.07. The fraction of sp³-hybridized carbons (Fsp3) is 0.524. The first-order valence-electron chi connectivity index (χ1n) is 9.78. The molecule has 4 heteroatoms. The molecule has 132 valence electrons. The number of aromatic nitrogens is 2. The molecule has 1 saturated heterocycles. The van der Waals surface area contributed by atoms with Gasteiger partial charge in [0.05, 0.1) is 0 Å². The van der Waals surface area contributed by atoms with E-state index in [2.05, 4.69) is 45.5 Å². The van der Waals surface area contributed by atoms with Crippen LogP contribution < -0.4 is 10.2 Å². The molecule has 4 rings (SSSR count). The number of hydrogen-bond acceptors (Lipinski definition) is 4. The summed E-state index contributed by atoms with van der Waals surface area (Å²) >= 11 is 0. The molecule has 4 nitrogen and oxygen atoms in total. The van der Waals surface area contributed by atoms with Crippen LogP contribution in [0.2, 0.25) is 0 Å². The minimum Gasteiger partial charge on any atom is -0.367 e. The summed E-state index contributed by atoms with van der Waals surface area (Å²) in [7, 11) is 0. The maximum absolute atomic E-state index is 4.79. The predicted molar refractivity (Wildman–Crippen MR) is 103 cm³/mol. The van der Waals surface area contributed by atoms with Gasteiger partial charge in [-0.1, -0.05) is 49.6 Å². The van der Waals surface area contributed by atoms with Crippen molar-refractivity contribution in [3.63, 3.8) is 0 Å². The molecule has 0 amide bonds. The van der Waals surface area contributed by atoms with Crippen molar-refractivity contribution in [3.05, 3.63) is 48.2 Å². The van der Waals surface area contributed by atoms with E-state index in [1.165, 1.54) is 50.5 Å². The molecule has 0 radical (unpaired) electrons. The van der Waals surface area contributed by atoms with Crippen LogP contribution in [0.4, 0.5) is 11.8 Å². The Morgan fingerprint density at radius 2 is 1.64 bits per heavy atom. The maximum Gasteiger partial charge on any atom is 0.227 e. The third-order valence-corrected chi connectivity index (χ3v) is 5.65. The second-order valence-electron chi connectivity index (χ2n) is 7.39. The number of hydrogen-bond donors (Lipinski definition) is 1. The Balaban J connectivity index is 1.37. The second kappa shape index (κ2) is 7.85. The van der Waals surface area contributed by atoms with E-state index in [0.29, 0.717) is 12.0 Å². The average Bonchev–Trinajstić information content (AvgIpc) is 2.70. The van der Waals surface area contributed by atoms with Crippen molar-refractivity contribution < 1.29 is 0 Å². The van der Waals surface area contributed by atoms with Crippen LogP contribution >= 0.6 is 0 Å². The third-order valence-electron chi connectivity index (χ3n) is 5.65. The number of nitrogens with zero attached hydrogens (tertiary/aromatic N) is 3. The van der Waals surface area contributed by atoms with E-state index in [1.807, 2.05) is 12.3 Å². The Morgan fingerprint density at radius 3 is 2.40 bits per heavy atom. The fourth-order valence-corrected chi connectivity index (χ4v) is 4.18. The highest BCUT2D eigenvalue weighted by Crippen LogP contribution is 2.29. The molecule has 2 heterocycles. The molecule has 1 aliphatic heterocycles. The van der Waals surface area contributed by atoms with Crippen molar-refractivity contribution >= 4 is 11.8 Å². The zero-order valence-corrected chi connectivity index (χ0v) is 14.9. The van der Waals surface area contributed by atoms with Crippen molar-refractivity contribution in [2.75, 3.05) is 23.3 Å². The van der Waals surface area contributed by atoms with Gasteiger partial charge in [-0.05, 0) is 43.2 Å². The van der Waals surface area contributed by atoms with Gasteiger partial charge in [-0.25, -0.2) is 4.98 Å². The van der Waals surface area contributed by atoms with Crippen molar-refractivity contribution in [1.29, 1.82) is 0 Å². The highest BCUT2D eigenvalue weighted by Gasteiger charge is 2.22. The molecular formula is C21H28N4. The lowest BCUT2D eigenvalue weighted by molar-refractivity contribution is 0.461. The van der Waals surface area contributed by atoms with Gasteiger partial charge in [0.1, 0.15) is 5.82 Å². The number of anilines is 2. The minimum atomic E-state index is 0.584. The normalized spacial score (nSPS) is 19.8. The van der Waals surface area contributed by atoms with Crippen LogP contribution in [0.1, 0.15) is 56.4 Å². The topological polar surface area (TPSA) is 41.1 Å². The molecule has 1 aromatic carbocycles.